The van der Waals surface area contributed by atoms with Gasteiger partial charge in [-0.25, -0.2) is 4.98 Å². The van der Waals surface area contributed by atoms with Crippen molar-refractivity contribution >= 4 is 17.5 Å². The highest BCUT2D eigenvalue weighted by Gasteiger charge is 2.27. The van der Waals surface area contributed by atoms with Crippen LogP contribution in [0.25, 0.3) is 5.65 Å². The molecule has 2 N–H and O–H groups in total. The number of fused-ring (bicyclic) bond motifs is 1. The first kappa shape index (κ1) is 20.2. The van der Waals surface area contributed by atoms with Crippen molar-refractivity contribution in [1.29, 1.82) is 0 Å². The number of nitrogens with one attached hydrogen (secondary N) is 2. The molecular formula is C21H32N6O. The van der Waals surface area contributed by atoms with Crippen LogP contribution in [-0.4, -0.2) is 58.4 Å². The van der Waals surface area contributed by atoms with Crippen molar-refractivity contribution < 1.29 is 4.79 Å². The molecule has 3 heterocycles. The molecule has 1 aliphatic heterocycles. The highest BCUT2D eigenvalue weighted by Crippen LogP contribution is 2.13. The van der Waals surface area contributed by atoms with E-state index in [1.807, 2.05) is 31.0 Å². The first-order chi connectivity index (χ1) is 13.5. The van der Waals surface area contributed by atoms with Gasteiger partial charge in [-0.1, -0.05) is 19.9 Å². The highest BCUT2D eigenvalue weighted by atomic mass is 16.2. The minimum atomic E-state index is 0.0507. The molecule has 2 aromatic heterocycles. The highest BCUT2D eigenvalue weighted by molar-refractivity contribution is 5.81. The Labute approximate surface area is 167 Å². The Balaban J connectivity index is 1.56. The maximum absolute atomic E-state index is 12.2. The summed E-state index contributed by atoms with van der Waals surface area (Å²) < 4.78 is 2.07. The lowest BCUT2D eigenvalue weighted by Crippen LogP contribution is -2.45. The van der Waals surface area contributed by atoms with Gasteiger partial charge in [0.1, 0.15) is 5.65 Å². The first-order valence-electron chi connectivity index (χ1n) is 10.2. The molecule has 0 aromatic carbocycles. The predicted octanol–water partition coefficient (Wildman–Crippen LogP) is 2.00. The summed E-state index contributed by atoms with van der Waals surface area (Å²) in [5.41, 5.74) is 3.23. The molecule has 1 atom stereocenters. The number of hydrogen-bond acceptors (Lipinski definition) is 3. The maximum atomic E-state index is 12.2. The molecule has 1 amide bonds. The van der Waals surface area contributed by atoms with Crippen molar-refractivity contribution in [2.45, 2.75) is 46.6 Å². The molecule has 2 aromatic rings. The van der Waals surface area contributed by atoms with Crippen LogP contribution >= 0.6 is 0 Å². The van der Waals surface area contributed by atoms with Gasteiger partial charge in [0.25, 0.3) is 0 Å². The molecule has 1 saturated heterocycles. The van der Waals surface area contributed by atoms with Crippen LogP contribution in [0.3, 0.4) is 0 Å². The molecule has 152 valence electrons. The normalized spacial score (nSPS) is 17.5. The molecule has 0 spiro atoms. The van der Waals surface area contributed by atoms with E-state index < -0.39 is 0 Å². The zero-order valence-corrected chi connectivity index (χ0v) is 17.4. The number of aromatic nitrogens is 2. The van der Waals surface area contributed by atoms with Gasteiger partial charge in [0.05, 0.1) is 5.69 Å². The third kappa shape index (κ3) is 4.82. The van der Waals surface area contributed by atoms with Crippen molar-refractivity contribution in [1.82, 2.24) is 24.9 Å². The van der Waals surface area contributed by atoms with Crippen molar-refractivity contribution in [3.05, 3.63) is 35.8 Å². The predicted molar refractivity (Wildman–Crippen MR) is 113 cm³/mol. The summed E-state index contributed by atoms with van der Waals surface area (Å²) in [6, 6.07) is 4.36. The topological polar surface area (TPSA) is 74.0 Å². The summed E-state index contributed by atoms with van der Waals surface area (Å²) >= 11 is 0. The van der Waals surface area contributed by atoms with E-state index in [-0.39, 0.29) is 17.9 Å². The van der Waals surface area contributed by atoms with Gasteiger partial charge in [-0.05, 0) is 31.9 Å². The fraction of sp³-hybridized carbons (Fsp3) is 0.571. The Morgan fingerprint density at radius 2 is 2.25 bits per heavy atom. The number of carbonyl (C=O) groups is 1. The zero-order chi connectivity index (χ0) is 20.1. The van der Waals surface area contributed by atoms with Crippen LogP contribution in [-0.2, 0) is 11.2 Å². The molecule has 0 radical (unpaired) electrons. The Kier molecular flexibility index (Phi) is 6.54. The van der Waals surface area contributed by atoms with Crippen molar-refractivity contribution in [2.24, 2.45) is 10.9 Å². The second kappa shape index (κ2) is 9.08. The van der Waals surface area contributed by atoms with Crippen molar-refractivity contribution in [2.75, 3.05) is 26.2 Å². The number of nitrogens with zero attached hydrogens (tertiary/aromatic N) is 4. The maximum Gasteiger partial charge on any atom is 0.225 e. The molecule has 0 aliphatic carbocycles. The van der Waals surface area contributed by atoms with Crippen LogP contribution in [0.15, 0.2) is 29.5 Å². The number of hydrogen-bond donors (Lipinski definition) is 2. The van der Waals surface area contributed by atoms with Crippen LogP contribution in [0, 0.1) is 12.8 Å². The third-order valence-corrected chi connectivity index (χ3v) is 5.04. The molecule has 0 bridgehead atoms. The molecule has 7 nitrogen and oxygen atoms in total. The molecule has 1 aliphatic rings. The average Bonchev–Trinajstić information content (AvgIpc) is 3.28. The third-order valence-electron chi connectivity index (χ3n) is 5.04. The van der Waals surface area contributed by atoms with Gasteiger partial charge in [-0.15, -0.1) is 0 Å². The zero-order valence-electron chi connectivity index (χ0n) is 17.4. The van der Waals surface area contributed by atoms with E-state index in [4.69, 9.17) is 9.98 Å². The van der Waals surface area contributed by atoms with Crippen LogP contribution < -0.4 is 10.6 Å². The summed E-state index contributed by atoms with van der Waals surface area (Å²) in [5.74, 6) is 1.09. The number of pyridine rings is 1. The van der Waals surface area contributed by atoms with E-state index in [9.17, 15) is 4.79 Å². The molecule has 1 fully saturated rings. The second-order valence-corrected chi connectivity index (χ2v) is 7.73. The van der Waals surface area contributed by atoms with E-state index in [1.54, 1.807) is 0 Å². The van der Waals surface area contributed by atoms with Gasteiger partial charge >= 0.3 is 0 Å². The van der Waals surface area contributed by atoms with Crippen LogP contribution in [0.4, 0.5) is 0 Å². The number of aryl methyl sites for hydroxylation is 1. The number of imidazole rings is 1. The Morgan fingerprint density at radius 3 is 2.96 bits per heavy atom. The number of carbonyl (C=O) groups excluding carboxylic acids is 1. The number of aliphatic imine (C=N–C) groups is 1. The van der Waals surface area contributed by atoms with Crippen molar-refractivity contribution in [3.8, 4) is 0 Å². The SMILES string of the molecule is CCNC(=NCCc1cn2cccc(C)c2n1)NC1CCN(C(=O)C(C)C)C1. The van der Waals surface area contributed by atoms with Crippen molar-refractivity contribution in [3.63, 3.8) is 0 Å². The van der Waals surface area contributed by atoms with E-state index in [2.05, 4.69) is 41.1 Å². The van der Waals surface area contributed by atoms with Gasteiger partial charge in [0.15, 0.2) is 5.96 Å². The molecule has 0 saturated carbocycles. The minimum Gasteiger partial charge on any atom is -0.357 e. The summed E-state index contributed by atoms with van der Waals surface area (Å²) in [6.07, 6.45) is 5.84. The number of amides is 1. The summed E-state index contributed by atoms with van der Waals surface area (Å²) in [6.45, 7) is 11.1. The van der Waals surface area contributed by atoms with Crippen LogP contribution in [0.2, 0.25) is 0 Å². The second-order valence-electron chi connectivity index (χ2n) is 7.73. The summed E-state index contributed by atoms with van der Waals surface area (Å²) in [7, 11) is 0. The van der Waals surface area contributed by atoms with E-state index in [0.29, 0.717) is 6.54 Å². The van der Waals surface area contributed by atoms with E-state index >= 15 is 0 Å². The summed E-state index contributed by atoms with van der Waals surface area (Å²) in [5, 5.41) is 6.79. The number of guanidine groups is 1. The minimum absolute atomic E-state index is 0.0507. The standard InChI is InChI=1S/C21H32N6O/c1-5-22-21(25-18-9-12-27(14-18)20(28)15(2)3)23-10-8-17-13-26-11-6-7-16(4)19(26)24-17/h6-7,11,13,15,18H,5,8-10,12,14H2,1-4H3,(H2,22,23,25). The van der Waals surface area contributed by atoms with Gasteiger partial charge in [0, 0.05) is 57.0 Å². The quantitative estimate of drug-likeness (QED) is 0.590. The molecule has 7 heteroatoms. The lowest BCUT2D eigenvalue weighted by atomic mass is 10.2. The average molecular weight is 385 g/mol. The monoisotopic (exact) mass is 384 g/mol. The first-order valence-corrected chi connectivity index (χ1v) is 10.2. The smallest absolute Gasteiger partial charge is 0.225 e. The van der Waals surface area contributed by atoms with E-state index in [0.717, 1.165) is 49.8 Å². The Bertz CT molecular complexity index is 841. The lowest BCUT2D eigenvalue weighted by Gasteiger charge is -2.20. The molecular weight excluding hydrogens is 352 g/mol. The lowest BCUT2D eigenvalue weighted by molar-refractivity contribution is -0.133. The summed E-state index contributed by atoms with van der Waals surface area (Å²) in [4.78, 5) is 23.5. The number of likely N-dealkylation sites (tertiary alicyclic amines) is 1. The Hall–Kier alpha value is -2.57. The van der Waals surface area contributed by atoms with Gasteiger partial charge in [-0.3, -0.25) is 9.79 Å². The number of rotatable bonds is 6. The fourth-order valence-corrected chi connectivity index (χ4v) is 3.56. The van der Waals surface area contributed by atoms with Gasteiger partial charge in [0.2, 0.25) is 5.91 Å². The molecule has 3 rings (SSSR count). The van der Waals surface area contributed by atoms with Crippen LogP contribution in [0.1, 0.15) is 38.4 Å². The fourth-order valence-electron chi connectivity index (χ4n) is 3.56. The van der Waals surface area contributed by atoms with E-state index in [1.165, 1.54) is 5.56 Å². The van der Waals surface area contributed by atoms with Gasteiger partial charge in [-0.2, -0.15) is 0 Å². The molecule has 28 heavy (non-hydrogen) atoms. The van der Waals surface area contributed by atoms with Gasteiger partial charge < -0.3 is 19.9 Å². The Morgan fingerprint density at radius 1 is 1.43 bits per heavy atom. The van der Waals surface area contributed by atoms with Crippen LogP contribution in [0.5, 0.6) is 0 Å². The molecule has 1 unspecified atom stereocenters. The largest absolute Gasteiger partial charge is 0.357 e.